The molecule has 5 heteroatoms. The van der Waals surface area contributed by atoms with Crippen LogP contribution in [0.25, 0.3) is 11.1 Å². The SMILES string of the molecule is CN(C)C(=O)[C@@H]1CCCN1C(=O)Nc1ccccc1-c1ccccc1. The van der Waals surface area contributed by atoms with Crippen molar-refractivity contribution in [3.05, 3.63) is 54.6 Å². The van der Waals surface area contributed by atoms with Crippen LogP contribution in [0, 0.1) is 0 Å². The van der Waals surface area contributed by atoms with Gasteiger partial charge in [-0.3, -0.25) is 4.79 Å². The minimum atomic E-state index is -0.376. The first kappa shape index (κ1) is 17.0. The molecule has 1 atom stereocenters. The van der Waals surface area contributed by atoms with Crippen molar-refractivity contribution in [3.8, 4) is 11.1 Å². The van der Waals surface area contributed by atoms with Gasteiger partial charge in [-0.1, -0.05) is 48.5 Å². The van der Waals surface area contributed by atoms with Crippen LogP contribution in [-0.2, 0) is 4.79 Å². The lowest BCUT2D eigenvalue weighted by Crippen LogP contribution is -2.47. The third kappa shape index (κ3) is 3.65. The van der Waals surface area contributed by atoms with E-state index in [4.69, 9.17) is 0 Å². The fourth-order valence-corrected chi connectivity index (χ4v) is 3.21. The topological polar surface area (TPSA) is 52.7 Å². The van der Waals surface area contributed by atoms with Crippen LogP contribution in [0.3, 0.4) is 0 Å². The predicted octanol–water partition coefficient (Wildman–Crippen LogP) is 3.44. The number of benzene rings is 2. The molecule has 2 aromatic rings. The van der Waals surface area contributed by atoms with Gasteiger partial charge in [0.05, 0.1) is 5.69 Å². The van der Waals surface area contributed by atoms with E-state index in [1.807, 2.05) is 54.6 Å². The summed E-state index contributed by atoms with van der Waals surface area (Å²) in [6.45, 7) is 0.601. The molecule has 1 heterocycles. The third-order valence-corrected chi connectivity index (χ3v) is 4.49. The van der Waals surface area contributed by atoms with Crippen molar-refractivity contribution in [2.24, 2.45) is 0 Å². The van der Waals surface area contributed by atoms with Crippen molar-refractivity contribution in [1.29, 1.82) is 0 Å². The Bertz CT molecular complexity index is 759. The van der Waals surface area contributed by atoms with Gasteiger partial charge in [-0.2, -0.15) is 0 Å². The van der Waals surface area contributed by atoms with E-state index < -0.39 is 0 Å². The molecule has 25 heavy (non-hydrogen) atoms. The largest absolute Gasteiger partial charge is 0.347 e. The van der Waals surface area contributed by atoms with Crippen molar-refractivity contribution in [3.63, 3.8) is 0 Å². The van der Waals surface area contributed by atoms with E-state index in [2.05, 4.69) is 5.32 Å². The number of carbonyl (C=O) groups is 2. The number of hydrogen-bond acceptors (Lipinski definition) is 2. The second kappa shape index (κ2) is 7.38. The molecule has 0 aromatic heterocycles. The lowest BCUT2D eigenvalue weighted by Gasteiger charge is -2.26. The number of nitrogens with zero attached hydrogens (tertiary/aromatic N) is 2. The Labute approximate surface area is 148 Å². The highest BCUT2D eigenvalue weighted by Gasteiger charge is 2.35. The van der Waals surface area contributed by atoms with Gasteiger partial charge in [0.15, 0.2) is 0 Å². The van der Waals surface area contributed by atoms with Crippen molar-refractivity contribution in [2.45, 2.75) is 18.9 Å². The standard InChI is InChI=1S/C20H23N3O2/c1-22(2)19(24)18-13-8-14-23(18)20(25)21-17-12-7-6-11-16(17)15-9-4-3-5-10-15/h3-7,9-12,18H,8,13-14H2,1-2H3,(H,21,25)/t18-/m0/s1. The van der Waals surface area contributed by atoms with Gasteiger partial charge in [-0.15, -0.1) is 0 Å². The molecule has 5 nitrogen and oxygen atoms in total. The first-order chi connectivity index (χ1) is 12.1. The predicted molar refractivity (Wildman–Crippen MR) is 99.3 cm³/mol. The molecule has 1 saturated heterocycles. The average Bonchev–Trinajstić information content (AvgIpc) is 3.12. The molecular weight excluding hydrogens is 314 g/mol. The Morgan fingerprint density at radius 2 is 1.72 bits per heavy atom. The number of para-hydroxylation sites is 1. The Kier molecular flexibility index (Phi) is 5.03. The molecule has 3 amide bonds. The fourth-order valence-electron chi connectivity index (χ4n) is 3.21. The van der Waals surface area contributed by atoms with Crippen LogP contribution in [0.2, 0.25) is 0 Å². The van der Waals surface area contributed by atoms with Crippen LogP contribution < -0.4 is 5.32 Å². The maximum Gasteiger partial charge on any atom is 0.322 e. The zero-order valence-electron chi connectivity index (χ0n) is 14.6. The highest BCUT2D eigenvalue weighted by Crippen LogP contribution is 2.28. The fraction of sp³-hybridized carbons (Fsp3) is 0.300. The number of amides is 3. The number of nitrogens with one attached hydrogen (secondary N) is 1. The Morgan fingerprint density at radius 1 is 1.04 bits per heavy atom. The summed E-state index contributed by atoms with van der Waals surface area (Å²) < 4.78 is 0. The summed E-state index contributed by atoms with van der Waals surface area (Å²) in [5.41, 5.74) is 2.76. The average molecular weight is 337 g/mol. The van der Waals surface area contributed by atoms with Gasteiger partial charge in [-0.05, 0) is 24.5 Å². The maximum absolute atomic E-state index is 12.8. The zero-order valence-corrected chi connectivity index (χ0v) is 14.6. The zero-order chi connectivity index (χ0) is 17.8. The second-order valence-electron chi connectivity index (χ2n) is 6.43. The van der Waals surface area contributed by atoms with Crippen LogP contribution in [-0.4, -0.2) is 48.4 Å². The molecule has 1 fully saturated rings. The van der Waals surface area contributed by atoms with E-state index in [0.29, 0.717) is 13.0 Å². The summed E-state index contributed by atoms with van der Waals surface area (Å²) in [5, 5.41) is 2.99. The highest BCUT2D eigenvalue weighted by atomic mass is 16.2. The third-order valence-electron chi connectivity index (χ3n) is 4.49. The number of hydrogen-bond donors (Lipinski definition) is 1. The van der Waals surface area contributed by atoms with Gasteiger partial charge in [0.25, 0.3) is 0 Å². The van der Waals surface area contributed by atoms with E-state index in [9.17, 15) is 9.59 Å². The van der Waals surface area contributed by atoms with E-state index >= 15 is 0 Å². The van der Waals surface area contributed by atoms with Crippen LogP contribution in [0.15, 0.2) is 54.6 Å². The van der Waals surface area contributed by atoms with Crippen molar-refractivity contribution in [1.82, 2.24) is 9.80 Å². The molecule has 1 N–H and O–H groups in total. The summed E-state index contributed by atoms with van der Waals surface area (Å²) in [6, 6.07) is 17.1. The molecule has 3 rings (SSSR count). The Morgan fingerprint density at radius 3 is 2.44 bits per heavy atom. The van der Waals surface area contributed by atoms with E-state index in [1.165, 1.54) is 0 Å². The Hall–Kier alpha value is -2.82. The molecular formula is C20H23N3O2. The monoisotopic (exact) mass is 337 g/mol. The van der Waals surface area contributed by atoms with Gasteiger partial charge >= 0.3 is 6.03 Å². The number of rotatable bonds is 3. The maximum atomic E-state index is 12.8. The van der Waals surface area contributed by atoms with Gasteiger partial charge in [-0.25, -0.2) is 4.79 Å². The molecule has 0 unspecified atom stereocenters. The molecule has 0 saturated carbocycles. The smallest absolute Gasteiger partial charge is 0.322 e. The summed E-state index contributed by atoms with van der Waals surface area (Å²) in [6.07, 6.45) is 1.56. The lowest BCUT2D eigenvalue weighted by atomic mass is 10.0. The summed E-state index contributed by atoms with van der Waals surface area (Å²) >= 11 is 0. The van der Waals surface area contributed by atoms with E-state index in [-0.39, 0.29) is 18.0 Å². The number of anilines is 1. The van der Waals surface area contributed by atoms with Crippen LogP contribution in [0.5, 0.6) is 0 Å². The minimum Gasteiger partial charge on any atom is -0.347 e. The minimum absolute atomic E-state index is 0.0241. The van der Waals surface area contributed by atoms with Crippen LogP contribution in [0.4, 0.5) is 10.5 Å². The first-order valence-corrected chi connectivity index (χ1v) is 8.51. The summed E-state index contributed by atoms with van der Waals surface area (Å²) in [7, 11) is 3.45. The highest BCUT2D eigenvalue weighted by molar-refractivity contribution is 5.97. The molecule has 2 aromatic carbocycles. The Balaban J connectivity index is 1.81. The number of carbonyl (C=O) groups excluding carboxylic acids is 2. The summed E-state index contributed by atoms with van der Waals surface area (Å²) in [5.74, 6) is -0.0241. The number of likely N-dealkylation sites (tertiary alicyclic amines) is 1. The molecule has 0 aliphatic carbocycles. The van der Waals surface area contributed by atoms with Crippen molar-refractivity contribution < 1.29 is 9.59 Å². The summed E-state index contributed by atoms with van der Waals surface area (Å²) in [4.78, 5) is 28.3. The van der Waals surface area contributed by atoms with Gasteiger partial charge in [0.1, 0.15) is 6.04 Å². The van der Waals surface area contributed by atoms with Crippen LogP contribution in [0.1, 0.15) is 12.8 Å². The number of likely N-dealkylation sites (N-methyl/N-ethyl adjacent to an activating group) is 1. The molecule has 0 radical (unpaired) electrons. The van der Waals surface area contributed by atoms with Gasteiger partial charge in [0, 0.05) is 26.2 Å². The molecule has 1 aliphatic rings. The van der Waals surface area contributed by atoms with Crippen molar-refractivity contribution >= 4 is 17.6 Å². The van der Waals surface area contributed by atoms with Gasteiger partial charge < -0.3 is 15.1 Å². The molecule has 0 bridgehead atoms. The molecule has 130 valence electrons. The quantitative estimate of drug-likeness (QED) is 0.933. The van der Waals surface area contributed by atoms with E-state index in [1.54, 1.807) is 23.9 Å². The molecule has 0 spiro atoms. The van der Waals surface area contributed by atoms with Crippen LogP contribution >= 0.6 is 0 Å². The lowest BCUT2D eigenvalue weighted by molar-refractivity contribution is -0.132. The second-order valence-corrected chi connectivity index (χ2v) is 6.43. The van der Waals surface area contributed by atoms with Crippen molar-refractivity contribution in [2.75, 3.05) is 26.0 Å². The normalized spacial score (nSPS) is 16.6. The number of urea groups is 1. The van der Waals surface area contributed by atoms with Gasteiger partial charge in [0.2, 0.25) is 5.91 Å². The first-order valence-electron chi connectivity index (χ1n) is 8.51. The van der Waals surface area contributed by atoms with E-state index in [0.717, 1.165) is 23.2 Å². The molecule has 1 aliphatic heterocycles.